The second kappa shape index (κ2) is 6.81. The lowest BCUT2D eigenvalue weighted by Crippen LogP contribution is -2.38. The van der Waals surface area contributed by atoms with Crippen molar-refractivity contribution < 1.29 is 0 Å². The van der Waals surface area contributed by atoms with E-state index in [9.17, 15) is 0 Å². The van der Waals surface area contributed by atoms with Crippen LogP contribution in [0.5, 0.6) is 0 Å². The first kappa shape index (κ1) is 16.6. The van der Waals surface area contributed by atoms with Crippen LogP contribution < -0.4 is 0 Å². The minimum atomic E-state index is 0.452. The second-order valence-corrected chi connectivity index (χ2v) is 10.1. The maximum absolute atomic E-state index is 9.14. The predicted octanol–water partition coefficient (Wildman–Crippen LogP) is 7.25. The van der Waals surface area contributed by atoms with E-state index in [1.54, 1.807) is 16.2 Å². The van der Waals surface area contributed by atoms with Crippen LogP contribution in [-0.4, -0.2) is 0 Å². The van der Waals surface area contributed by atoms with Gasteiger partial charge in [0.15, 0.2) is 0 Å². The van der Waals surface area contributed by atoms with E-state index in [2.05, 4.69) is 25.1 Å². The molecule has 4 rings (SSSR count). The number of nitrogens with zero attached hydrogens (tertiary/aromatic N) is 1. The fourth-order valence-corrected chi connectivity index (χ4v) is 7.82. The first-order valence-corrected chi connectivity index (χ1v) is 11.3. The number of hydrogen-bond acceptors (Lipinski definition) is 3. The Morgan fingerprint density at radius 2 is 1.75 bits per heavy atom. The van der Waals surface area contributed by atoms with Crippen LogP contribution in [-0.2, 0) is 5.41 Å². The van der Waals surface area contributed by atoms with Gasteiger partial charge in [0, 0.05) is 19.7 Å². The van der Waals surface area contributed by atoms with E-state index in [1.807, 2.05) is 11.3 Å². The molecule has 0 bridgehead atoms. The smallest absolute Gasteiger partial charge is 0.110 e. The molecule has 2 fully saturated rings. The highest BCUT2D eigenvalue weighted by molar-refractivity contribution is 7.28. The summed E-state index contributed by atoms with van der Waals surface area (Å²) in [6.07, 6.45) is 14.2. The molecule has 0 aliphatic heterocycles. The van der Waals surface area contributed by atoms with Gasteiger partial charge in [0.2, 0.25) is 0 Å². The molecule has 0 saturated heterocycles. The number of hydrogen-bond donors (Lipinski definition) is 0. The van der Waals surface area contributed by atoms with Crippen molar-refractivity contribution in [3.05, 3.63) is 21.9 Å². The van der Waals surface area contributed by atoms with E-state index >= 15 is 0 Å². The molecular formula is C21H27NS2. The zero-order valence-corrected chi connectivity index (χ0v) is 16.3. The fourth-order valence-electron chi connectivity index (χ4n) is 5.30. The topological polar surface area (TPSA) is 23.8 Å². The highest BCUT2D eigenvalue weighted by Crippen LogP contribution is 2.54. The number of rotatable bonds is 3. The van der Waals surface area contributed by atoms with Crippen molar-refractivity contribution in [3.63, 3.8) is 0 Å². The summed E-state index contributed by atoms with van der Waals surface area (Å²) in [4.78, 5) is 2.51. The molecule has 0 unspecified atom stereocenters. The van der Waals surface area contributed by atoms with Crippen LogP contribution in [0.25, 0.3) is 9.40 Å². The third-order valence-corrected chi connectivity index (χ3v) is 9.18. The molecule has 1 nitrogen and oxygen atoms in total. The van der Waals surface area contributed by atoms with Crippen LogP contribution in [0, 0.1) is 23.2 Å². The largest absolute Gasteiger partial charge is 0.192 e. The molecular weight excluding hydrogens is 330 g/mol. The highest BCUT2D eigenvalue weighted by Gasteiger charge is 2.43. The van der Waals surface area contributed by atoms with Crippen LogP contribution in [0.1, 0.15) is 80.9 Å². The van der Waals surface area contributed by atoms with Gasteiger partial charge in [-0.3, -0.25) is 0 Å². The van der Waals surface area contributed by atoms with Gasteiger partial charge in [0.25, 0.3) is 0 Å². The number of nitriles is 1. The van der Waals surface area contributed by atoms with Crippen molar-refractivity contribution in [3.8, 4) is 6.07 Å². The minimum Gasteiger partial charge on any atom is -0.192 e. The summed E-state index contributed by atoms with van der Waals surface area (Å²) in [6, 6.07) is 6.88. The molecule has 0 aromatic carbocycles. The standard InChI is InChI=1S/C21H27NS2/c1-2-15-6-8-16(9-7-15)21(10-4-3-5-11-21)20-13-19-18(24-20)12-17(14-22)23-19/h12-13,15-16H,2-11H2,1H3. The van der Waals surface area contributed by atoms with Gasteiger partial charge in [0.05, 0.1) is 0 Å². The van der Waals surface area contributed by atoms with Gasteiger partial charge in [-0.05, 0) is 49.7 Å². The highest BCUT2D eigenvalue weighted by atomic mass is 32.1. The molecule has 128 valence electrons. The Hall–Kier alpha value is -0.850. The van der Waals surface area contributed by atoms with Gasteiger partial charge in [-0.15, -0.1) is 22.7 Å². The quantitative estimate of drug-likeness (QED) is 0.567. The fraction of sp³-hybridized carbons (Fsp3) is 0.667. The van der Waals surface area contributed by atoms with Gasteiger partial charge in [0.1, 0.15) is 10.9 Å². The Morgan fingerprint density at radius 3 is 2.38 bits per heavy atom. The van der Waals surface area contributed by atoms with E-state index in [4.69, 9.17) is 5.26 Å². The van der Waals surface area contributed by atoms with Crippen LogP contribution in [0.3, 0.4) is 0 Å². The third kappa shape index (κ3) is 2.82. The Kier molecular flexibility index (Phi) is 4.71. The lowest BCUT2D eigenvalue weighted by molar-refractivity contribution is 0.129. The number of thiophene rings is 2. The summed E-state index contributed by atoms with van der Waals surface area (Å²) >= 11 is 3.68. The molecule has 2 aromatic heterocycles. The third-order valence-electron chi connectivity index (χ3n) is 6.76. The Balaban J connectivity index is 1.67. The zero-order chi connectivity index (χ0) is 16.6. The SMILES string of the molecule is CCC1CCC(C2(c3cc4sc(C#N)cc4s3)CCCCC2)CC1. The monoisotopic (exact) mass is 357 g/mol. The van der Waals surface area contributed by atoms with Crippen molar-refractivity contribution >= 4 is 32.1 Å². The molecule has 2 aromatic rings. The maximum atomic E-state index is 9.14. The van der Waals surface area contributed by atoms with E-state index in [0.29, 0.717) is 5.41 Å². The van der Waals surface area contributed by atoms with E-state index in [-0.39, 0.29) is 0 Å². The van der Waals surface area contributed by atoms with Crippen LogP contribution in [0.2, 0.25) is 0 Å². The molecule has 0 amide bonds. The molecule has 0 atom stereocenters. The lowest BCUT2D eigenvalue weighted by Gasteiger charge is -2.46. The summed E-state index contributed by atoms with van der Waals surface area (Å²) in [6.45, 7) is 2.36. The average molecular weight is 358 g/mol. The van der Waals surface area contributed by atoms with E-state index in [0.717, 1.165) is 16.7 Å². The van der Waals surface area contributed by atoms with Crippen molar-refractivity contribution in [1.82, 2.24) is 0 Å². The van der Waals surface area contributed by atoms with Crippen molar-refractivity contribution in [2.45, 2.75) is 76.5 Å². The van der Waals surface area contributed by atoms with Crippen LogP contribution >= 0.6 is 22.7 Å². The van der Waals surface area contributed by atoms with Crippen LogP contribution in [0.15, 0.2) is 12.1 Å². The average Bonchev–Trinajstić information content (AvgIpc) is 3.21. The van der Waals surface area contributed by atoms with Crippen molar-refractivity contribution in [1.29, 1.82) is 5.26 Å². The predicted molar refractivity (Wildman–Crippen MR) is 105 cm³/mol. The summed E-state index contributed by atoms with van der Waals surface area (Å²) < 4.78 is 2.69. The van der Waals surface area contributed by atoms with Crippen LogP contribution in [0.4, 0.5) is 0 Å². The molecule has 2 aliphatic rings. The summed E-state index contributed by atoms with van der Waals surface area (Å²) in [7, 11) is 0. The Morgan fingerprint density at radius 1 is 1.04 bits per heavy atom. The maximum Gasteiger partial charge on any atom is 0.110 e. The van der Waals surface area contributed by atoms with Gasteiger partial charge in [-0.2, -0.15) is 5.26 Å². The van der Waals surface area contributed by atoms with E-state index in [1.165, 1.54) is 73.6 Å². The molecule has 3 heteroatoms. The molecule has 0 spiro atoms. The van der Waals surface area contributed by atoms with Gasteiger partial charge < -0.3 is 0 Å². The summed E-state index contributed by atoms with van der Waals surface area (Å²) in [5.41, 5.74) is 0.452. The second-order valence-electron chi connectivity index (χ2n) is 7.90. The lowest BCUT2D eigenvalue weighted by atomic mass is 9.60. The Labute approximate surface area is 153 Å². The van der Waals surface area contributed by atoms with E-state index < -0.39 is 0 Å². The molecule has 2 aliphatic carbocycles. The molecule has 2 saturated carbocycles. The summed E-state index contributed by atoms with van der Waals surface area (Å²) in [5, 5.41) is 9.14. The number of fused-ring (bicyclic) bond motifs is 1. The molecule has 0 N–H and O–H groups in total. The molecule has 24 heavy (non-hydrogen) atoms. The van der Waals surface area contributed by atoms with Gasteiger partial charge >= 0.3 is 0 Å². The van der Waals surface area contributed by atoms with Gasteiger partial charge in [-0.25, -0.2) is 0 Å². The Bertz CT molecular complexity index is 702. The van der Waals surface area contributed by atoms with Crippen molar-refractivity contribution in [2.75, 3.05) is 0 Å². The van der Waals surface area contributed by atoms with Crippen molar-refractivity contribution in [2.24, 2.45) is 11.8 Å². The summed E-state index contributed by atoms with van der Waals surface area (Å²) in [5.74, 6) is 1.87. The normalized spacial score (nSPS) is 27.2. The molecule has 0 radical (unpaired) electrons. The first-order valence-electron chi connectivity index (χ1n) is 9.69. The zero-order valence-electron chi connectivity index (χ0n) is 14.6. The van der Waals surface area contributed by atoms with Gasteiger partial charge in [-0.1, -0.05) is 45.4 Å². The minimum absolute atomic E-state index is 0.452. The molecule has 2 heterocycles. The first-order chi connectivity index (χ1) is 11.7.